The summed E-state index contributed by atoms with van der Waals surface area (Å²) in [5.74, 6) is 0.116. The number of nitrogens with one attached hydrogen (secondary N) is 1. The summed E-state index contributed by atoms with van der Waals surface area (Å²) in [4.78, 5) is 24.2. The second-order valence-corrected chi connectivity index (χ2v) is 4.28. The van der Waals surface area contributed by atoms with Crippen molar-refractivity contribution in [2.45, 2.75) is 24.6 Å². The molecule has 0 spiro atoms. The van der Waals surface area contributed by atoms with Gasteiger partial charge in [0.15, 0.2) is 0 Å². The van der Waals surface area contributed by atoms with Crippen molar-refractivity contribution in [2.75, 3.05) is 13.2 Å². The summed E-state index contributed by atoms with van der Waals surface area (Å²) in [5.41, 5.74) is 5.96. The Labute approximate surface area is 86.7 Å². The first kappa shape index (κ1) is 9.11. The van der Waals surface area contributed by atoms with Gasteiger partial charge in [0.1, 0.15) is 0 Å². The van der Waals surface area contributed by atoms with Gasteiger partial charge in [0, 0.05) is 18.6 Å². The van der Waals surface area contributed by atoms with Gasteiger partial charge in [-0.1, -0.05) is 0 Å². The van der Waals surface area contributed by atoms with Crippen LogP contribution in [0.15, 0.2) is 0 Å². The molecule has 82 valence electrons. The number of nitrogens with two attached hydrogens (primary N) is 1. The maximum absolute atomic E-state index is 11.5. The summed E-state index contributed by atoms with van der Waals surface area (Å²) < 4.78 is 5.49. The molecule has 0 aromatic rings. The Hall–Kier alpha value is -1.14. The van der Waals surface area contributed by atoms with Crippen LogP contribution in [0.25, 0.3) is 0 Å². The predicted octanol–water partition coefficient (Wildman–Crippen LogP) is -1.35. The number of rotatable bonds is 1. The van der Waals surface area contributed by atoms with Crippen LogP contribution in [0.1, 0.15) is 6.42 Å². The van der Waals surface area contributed by atoms with E-state index in [1.165, 1.54) is 4.90 Å². The molecule has 1 saturated carbocycles. The average Bonchev–Trinajstić information content (AvgIpc) is 2.77. The van der Waals surface area contributed by atoms with Crippen molar-refractivity contribution in [3.8, 4) is 0 Å². The molecule has 6 nitrogen and oxygen atoms in total. The number of ether oxygens (including phenoxy) is 1. The molecule has 1 aliphatic carbocycles. The first-order valence-corrected chi connectivity index (χ1v) is 5.17. The van der Waals surface area contributed by atoms with Gasteiger partial charge in [-0.2, -0.15) is 0 Å². The van der Waals surface area contributed by atoms with E-state index in [1.807, 2.05) is 0 Å². The summed E-state index contributed by atoms with van der Waals surface area (Å²) in [6.07, 6.45) is 0.902. The van der Waals surface area contributed by atoms with Crippen molar-refractivity contribution in [1.82, 2.24) is 10.2 Å². The molecule has 2 heterocycles. The summed E-state index contributed by atoms with van der Waals surface area (Å²) >= 11 is 0. The smallest absolute Gasteiger partial charge is 0.324 e. The molecular formula is C9H13N3O3. The number of hydrogen-bond acceptors (Lipinski definition) is 4. The molecule has 3 amide bonds. The van der Waals surface area contributed by atoms with Gasteiger partial charge in [0.2, 0.25) is 5.91 Å². The van der Waals surface area contributed by atoms with E-state index in [4.69, 9.17) is 10.5 Å². The van der Waals surface area contributed by atoms with E-state index < -0.39 is 0 Å². The van der Waals surface area contributed by atoms with Crippen LogP contribution in [0.4, 0.5) is 4.79 Å². The average molecular weight is 211 g/mol. The van der Waals surface area contributed by atoms with Crippen LogP contribution in [0, 0.1) is 5.92 Å². The lowest BCUT2D eigenvalue weighted by atomic mass is 9.71. The third-order valence-corrected chi connectivity index (χ3v) is 3.59. The van der Waals surface area contributed by atoms with E-state index >= 15 is 0 Å². The third-order valence-electron chi connectivity index (χ3n) is 3.59. The molecule has 3 N–H and O–H groups in total. The molecule has 6 heteroatoms. The van der Waals surface area contributed by atoms with Gasteiger partial charge in [-0.25, -0.2) is 4.79 Å². The molecule has 4 atom stereocenters. The Morgan fingerprint density at radius 1 is 1.47 bits per heavy atom. The van der Waals surface area contributed by atoms with E-state index in [2.05, 4.69) is 5.32 Å². The molecule has 4 unspecified atom stereocenters. The van der Waals surface area contributed by atoms with Gasteiger partial charge in [0.25, 0.3) is 0 Å². The topological polar surface area (TPSA) is 84.7 Å². The van der Waals surface area contributed by atoms with Gasteiger partial charge < -0.3 is 15.8 Å². The fourth-order valence-electron chi connectivity index (χ4n) is 2.77. The summed E-state index contributed by atoms with van der Waals surface area (Å²) in [7, 11) is 0. The van der Waals surface area contributed by atoms with Crippen LogP contribution in [-0.2, 0) is 9.53 Å². The SMILES string of the molecule is NC1C2CCOC2C1N1C(=O)CNC1=O. The molecule has 0 aromatic carbocycles. The second kappa shape index (κ2) is 2.93. The minimum absolute atomic E-state index is 0.0344. The molecule has 2 aliphatic heterocycles. The first-order valence-electron chi connectivity index (χ1n) is 5.17. The lowest BCUT2D eigenvalue weighted by molar-refractivity contribution is -0.135. The summed E-state index contributed by atoms with van der Waals surface area (Å²) in [5, 5.41) is 2.50. The number of imide groups is 1. The highest BCUT2D eigenvalue weighted by atomic mass is 16.5. The maximum atomic E-state index is 11.5. The van der Waals surface area contributed by atoms with Gasteiger partial charge in [-0.3, -0.25) is 9.69 Å². The van der Waals surface area contributed by atoms with E-state index in [9.17, 15) is 9.59 Å². The number of nitrogens with zero attached hydrogens (tertiary/aromatic N) is 1. The van der Waals surface area contributed by atoms with E-state index in [0.29, 0.717) is 12.5 Å². The van der Waals surface area contributed by atoms with Gasteiger partial charge in [-0.05, 0) is 6.42 Å². The molecule has 2 saturated heterocycles. The van der Waals surface area contributed by atoms with Crippen molar-refractivity contribution in [1.29, 1.82) is 0 Å². The third kappa shape index (κ3) is 1.06. The van der Waals surface area contributed by atoms with Crippen molar-refractivity contribution in [3.63, 3.8) is 0 Å². The Kier molecular flexibility index (Phi) is 1.78. The van der Waals surface area contributed by atoms with Gasteiger partial charge >= 0.3 is 6.03 Å². The molecular weight excluding hydrogens is 198 g/mol. The number of urea groups is 1. The van der Waals surface area contributed by atoms with Crippen LogP contribution >= 0.6 is 0 Å². The Balaban J connectivity index is 1.82. The van der Waals surface area contributed by atoms with Gasteiger partial charge in [-0.15, -0.1) is 0 Å². The van der Waals surface area contributed by atoms with Crippen LogP contribution in [0.5, 0.6) is 0 Å². The Morgan fingerprint density at radius 3 is 2.93 bits per heavy atom. The zero-order valence-corrected chi connectivity index (χ0v) is 8.18. The largest absolute Gasteiger partial charge is 0.376 e. The Morgan fingerprint density at radius 2 is 2.27 bits per heavy atom. The highest BCUT2D eigenvalue weighted by Crippen LogP contribution is 2.41. The number of fused-ring (bicyclic) bond motifs is 1. The second-order valence-electron chi connectivity index (χ2n) is 4.28. The number of carbonyl (C=O) groups excluding carboxylic acids is 2. The maximum Gasteiger partial charge on any atom is 0.324 e. The molecule has 3 fully saturated rings. The highest BCUT2D eigenvalue weighted by molar-refractivity contribution is 6.02. The standard InChI is InChI=1S/C9H13N3O3/c10-6-4-1-2-15-8(4)7(6)12-5(13)3-11-9(12)14/h4,6-8H,1-3,10H2,(H,11,14). The minimum atomic E-state index is -0.339. The monoisotopic (exact) mass is 211 g/mol. The van der Waals surface area contributed by atoms with Crippen molar-refractivity contribution >= 4 is 11.9 Å². The molecule has 0 aromatic heterocycles. The molecule has 3 aliphatic rings. The van der Waals surface area contributed by atoms with E-state index in [1.54, 1.807) is 0 Å². The molecule has 0 bridgehead atoms. The predicted molar refractivity (Wildman–Crippen MR) is 49.9 cm³/mol. The molecule has 0 radical (unpaired) electrons. The van der Waals surface area contributed by atoms with Gasteiger partial charge in [0.05, 0.1) is 18.7 Å². The minimum Gasteiger partial charge on any atom is -0.376 e. The van der Waals surface area contributed by atoms with Crippen LogP contribution in [0.3, 0.4) is 0 Å². The van der Waals surface area contributed by atoms with E-state index in [-0.39, 0.29) is 36.7 Å². The molecule has 15 heavy (non-hydrogen) atoms. The first-order chi connectivity index (χ1) is 7.20. The fraction of sp³-hybridized carbons (Fsp3) is 0.778. The van der Waals surface area contributed by atoms with Crippen LogP contribution in [0.2, 0.25) is 0 Å². The van der Waals surface area contributed by atoms with Crippen molar-refractivity contribution in [2.24, 2.45) is 11.7 Å². The zero-order valence-electron chi connectivity index (χ0n) is 8.18. The van der Waals surface area contributed by atoms with Crippen molar-refractivity contribution < 1.29 is 14.3 Å². The number of amides is 3. The highest BCUT2D eigenvalue weighted by Gasteiger charge is 2.58. The molecule has 3 rings (SSSR count). The normalized spacial score (nSPS) is 43.9. The summed E-state index contributed by atoms with van der Waals surface area (Å²) in [6, 6.07) is -0.716. The number of carbonyl (C=O) groups is 2. The lowest BCUT2D eigenvalue weighted by Crippen LogP contribution is -2.70. The Bertz CT molecular complexity index is 317. The number of hydrogen-bond donors (Lipinski definition) is 2. The zero-order chi connectivity index (χ0) is 10.6. The lowest BCUT2D eigenvalue weighted by Gasteiger charge is -2.48. The van der Waals surface area contributed by atoms with Crippen molar-refractivity contribution in [3.05, 3.63) is 0 Å². The summed E-state index contributed by atoms with van der Waals surface area (Å²) in [6.45, 7) is 0.766. The van der Waals surface area contributed by atoms with Crippen LogP contribution in [-0.4, -0.2) is 48.2 Å². The quantitative estimate of drug-likeness (QED) is 0.525. The fourth-order valence-corrected chi connectivity index (χ4v) is 2.77. The van der Waals surface area contributed by atoms with Crippen LogP contribution < -0.4 is 11.1 Å². The van der Waals surface area contributed by atoms with E-state index in [0.717, 1.165) is 6.42 Å².